The SMILES string of the molecule is C=CC1(O)CCN(C)c2ccccc21. The van der Waals surface area contributed by atoms with Gasteiger partial charge in [-0.1, -0.05) is 30.9 Å². The van der Waals surface area contributed by atoms with Crippen LogP contribution in [0.3, 0.4) is 0 Å². The molecule has 14 heavy (non-hydrogen) atoms. The minimum atomic E-state index is -0.844. The van der Waals surface area contributed by atoms with Crippen LogP contribution in [0.1, 0.15) is 12.0 Å². The number of hydrogen-bond donors (Lipinski definition) is 1. The van der Waals surface area contributed by atoms with Crippen LogP contribution in [0, 0.1) is 0 Å². The molecule has 2 nitrogen and oxygen atoms in total. The topological polar surface area (TPSA) is 23.5 Å². The largest absolute Gasteiger partial charge is 0.381 e. The second-order valence-electron chi connectivity index (χ2n) is 3.82. The molecule has 0 fully saturated rings. The van der Waals surface area contributed by atoms with Crippen LogP contribution in [0.2, 0.25) is 0 Å². The third-order valence-electron chi connectivity index (χ3n) is 2.95. The summed E-state index contributed by atoms with van der Waals surface area (Å²) in [6.07, 6.45) is 2.35. The van der Waals surface area contributed by atoms with E-state index < -0.39 is 5.60 Å². The third-order valence-corrected chi connectivity index (χ3v) is 2.95. The van der Waals surface area contributed by atoms with Gasteiger partial charge in [-0.2, -0.15) is 0 Å². The number of anilines is 1. The highest BCUT2D eigenvalue weighted by Gasteiger charge is 2.32. The van der Waals surface area contributed by atoms with E-state index in [0.717, 1.165) is 17.8 Å². The van der Waals surface area contributed by atoms with Crippen LogP contribution in [0.25, 0.3) is 0 Å². The Morgan fingerprint density at radius 2 is 2.21 bits per heavy atom. The molecule has 1 atom stereocenters. The monoisotopic (exact) mass is 189 g/mol. The van der Waals surface area contributed by atoms with Crippen LogP contribution in [0.5, 0.6) is 0 Å². The fraction of sp³-hybridized carbons (Fsp3) is 0.333. The molecule has 2 heteroatoms. The maximum absolute atomic E-state index is 10.3. The predicted octanol–water partition coefficient (Wildman–Crippen LogP) is 1.90. The predicted molar refractivity (Wildman–Crippen MR) is 58.4 cm³/mol. The van der Waals surface area contributed by atoms with Crippen LogP contribution in [-0.4, -0.2) is 18.7 Å². The number of para-hydroxylation sites is 1. The summed E-state index contributed by atoms with van der Waals surface area (Å²) in [7, 11) is 2.04. The van der Waals surface area contributed by atoms with Crippen molar-refractivity contribution in [2.75, 3.05) is 18.5 Å². The second-order valence-corrected chi connectivity index (χ2v) is 3.82. The molecule has 1 aliphatic rings. The summed E-state index contributed by atoms with van der Waals surface area (Å²) < 4.78 is 0. The van der Waals surface area contributed by atoms with Gasteiger partial charge in [0.25, 0.3) is 0 Å². The molecule has 1 aromatic rings. The van der Waals surface area contributed by atoms with Gasteiger partial charge in [-0.3, -0.25) is 0 Å². The zero-order valence-electron chi connectivity index (χ0n) is 8.40. The molecule has 74 valence electrons. The van der Waals surface area contributed by atoms with Crippen LogP contribution < -0.4 is 4.90 Å². The van der Waals surface area contributed by atoms with Gasteiger partial charge in [0.15, 0.2) is 0 Å². The van der Waals surface area contributed by atoms with Crippen molar-refractivity contribution in [1.82, 2.24) is 0 Å². The normalized spacial score (nSPS) is 25.7. The smallest absolute Gasteiger partial charge is 0.111 e. The van der Waals surface area contributed by atoms with Crippen molar-refractivity contribution in [1.29, 1.82) is 0 Å². The van der Waals surface area contributed by atoms with Gasteiger partial charge in [-0.15, -0.1) is 0 Å². The van der Waals surface area contributed by atoms with Gasteiger partial charge in [-0.05, 0) is 6.07 Å². The second kappa shape index (κ2) is 3.14. The summed E-state index contributed by atoms with van der Waals surface area (Å²) >= 11 is 0. The zero-order chi connectivity index (χ0) is 10.2. The van der Waals surface area contributed by atoms with Crippen LogP contribution >= 0.6 is 0 Å². The molecule has 0 saturated carbocycles. The first-order valence-corrected chi connectivity index (χ1v) is 4.84. The Morgan fingerprint density at radius 3 is 2.93 bits per heavy atom. The van der Waals surface area contributed by atoms with Crippen molar-refractivity contribution in [3.05, 3.63) is 42.5 Å². The van der Waals surface area contributed by atoms with Gasteiger partial charge in [-0.25, -0.2) is 0 Å². The maximum Gasteiger partial charge on any atom is 0.111 e. The average Bonchev–Trinajstić information content (AvgIpc) is 2.24. The van der Waals surface area contributed by atoms with Crippen molar-refractivity contribution in [3.63, 3.8) is 0 Å². The van der Waals surface area contributed by atoms with Gasteiger partial charge in [0, 0.05) is 31.3 Å². The van der Waals surface area contributed by atoms with Crippen molar-refractivity contribution in [2.45, 2.75) is 12.0 Å². The molecule has 1 unspecified atom stereocenters. The van der Waals surface area contributed by atoms with Gasteiger partial charge >= 0.3 is 0 Å². The fourth-order valence-electron chi connectivity index (χ4n) is 1.98. The number of aliphatic hydroxyl groups is 1. The lowest BCUT2D eigenvalue weighted by Gasteiger charge is -2.37. The van der Waals surface area contributed by atoms with Gasteiger partial charge in [0.2, 0.25) is 0 Å². The summed E-state index contributed by atoms with van der Waals surface area (Å²) in [5, 5.41) is 10.3. The van der Waals surface area contributed by atoms with Crippen molar-refractivity contribution >= 4 is 5.69 Å². The molecule has 0 bridgehead atoms. The van der Waals surface area contributed by atoms with Crippen LogP contribution in [0.4, 0.5) is 5.69 Å². The molecule has 0 aromatic heterocycles. The summed E-state index contributed by atoms with van der Waals surface area (Å²) in [4.78, 5) is 2.16. The highest BCUT2D eigenvalue weighted by Crippen LogP contribution is 2.37. The molecule has 1 aromatic carbocycles. The minimum absolute atomic E-state index is 0.712. The standard InChI is InChI=1S/C12H15NO/c1-3-12(14)8-9-13(2)11-7-5-4-6-10(11)12/h3-7,14H,1,8-9H2,2H3. The highest BCUT2D eigenvalue weighted by molar-refractivity contribution is 5.58. The van der Waals surface area contributed by atoms with E-state index >= 15 is 0 Å². The number of hydrogen-bond acceptors (Lipinski definition) is 2. The highest BCUT2D eigenvalue weighted by atomic mass is 16.3. The van der Waals surface area contributed by atoms with E-state index in [1.54, 1.807) is 6.08 Å². The number of benzene rings is 1. The first-order chi connectivity index (χ1) is 6.67. The van der Waals surface area contributed by atoms with Crippen molar-refractivity contribution in [2.24, 2.45) is 0 Å². The molecular weight excluding hydrogens is 174 g/mol. The Kier molecular flexibility index (Phi) is 2.08. The lowest BCUT2D eigenvalue weighted by atomic mass is 9.86. The summed E-state index contributed by atoms with van der Waals surface area (Å²) in [5.41, 5.74) is 1.22. The molecule has 1 aliphatic heterocycles. The van der Waals surface area contributed by atoms with Gasteiger partial charge < -0.3 is 10.0 Å². The Labute approximate surface area is 84.5 Å². The van der Waals surface area contributed by atoms with E-state index in [9.17, 15) is 5.11 Å². The summed E-state index contributed by atoms with van der Waals surface area (Å²) in [5.74, 6) is 0. The van der Waals surface area contributed by atoms with E-state index in [2.05, 4.69) is 11.5 Å². The summed E-state index contributed by atoms with van der Waals surface area (Å²) in [6, 6.07) is 7.94. The van der Waals surface area contributed by atoms with Gasteiger partial charge in [0.1, 0.15) is 5.60 Å². The number of fused-ring (bicyclic) bond motifs is 1. The van der Waals surface area contributed by atoms with Crippen LogP contribution in [0.15, 0.2) is 36.9 Å². The molecule has 1 heterocycles. The van der Waals surface area contributed by atoms with E-state index in [0.29, 0.717) is 6.42 Å². The quantitative estimate of drug-likeness (QED) is 0.682. The van der Waals surface area contributed by atoms with Crippen molar-refractivity contribution < 1.29 is 5.11 Å². The maximum atomic E-state index is 10.3. The van der Waals surface area contributed by atoms with E-state index in [4.69, 9.17) is 0 Å². The Balaban J connectivity index is 2.57. The van der Waals surface area contributed by atoms with E-state index in [-0.39, 0.29) is 0 Å². The summed E-state index contributed by atoms with van der Waals surface area (Å²) in [6.45, 7) is 4.57. The molecule has 2 rings (SSSR count). The third kappa shape index (κ3) is 1.23. The molecular formula is C12H15NO. The van der Waals surface area contributed by atoms with E-state index in [1.165, 1.54) is 0 Å². The molecule has 0 amide bonds. The average molecular weight is 189 g/mol. The minimum Gasteiger partial charge on any atom is -0.381 e. The Hall–Kier alpha value is -1.28. The first kappa shape index (κ1) is 9.28. The van der Waals surface area contributed by atoms with Gasteiger partial charge in [0.05, 0.1) is 0 Å². The Morgan fingerprint density at radius 1 is 1.50 bits per heavy atom. The zero-order valence-corrected chi connectivity index (χ0v) is 8.40. The first-order valence-electron chi connectivity index (χ1n) is 4.84. The lowest BCUT2D eigenvalue weighted by molar-refractivity contribution is 0.0781. The van der Waals surface area contributed by atoms with Crippen molar-refractivity contribution in [3.8, 4) is 0 Å². The van der Waals surface area contributed by atoms with Crippen LogP contribution in [-0.2, 0) is 5.60 Å². The molecule has 1 N–H and O–H groups in total. The molecule has 0 saturated heterocycles. The van der Waals surface area contributed by atoms with E-state index in [1.807, 2.05) is 31.3 Å². The Bertz CT molecular complexity index is 361. The number of nitrogens with zero attached hydrogens (tertiary/aromatic N) is 1. The lowest BCUT2D eigenvalue weighted by Crippen LogP contribution is -2.37. The number of rotatable bonds is 1. The fourth-order valence-corrected chi connectivity index (χ4v) is 1.98. The molecule has 0 radical (unpaired) electrons. The molecule has 0 spiro atoms. The molecule has 0 aliphatic carbocycles.